The largest absolute Gasteiger partial charge is 0.506 e. The van der Waals surface area contributed by atoms with Crippen molar-refractivity contribution < 1.29 is 24.5 Å². The first kappa shape index (κ1) is 21.3. The van der Waals surface area contributed by atoms with Crippen LogP contribution in [0.5, 0.6) is 11.5 Å². The maximum absolute atomic E-state index is 12.4. The molecule has 0 bridgehead atoms. The van der Waals surface area contributed by atoms with Crippen molar-refractivity contribution in [3.05, 3.63) is 67.8 Å². The average Bonchev–Trinajstić information content (AvgIpc) is 3.00. The Bertz CT molecular complexity index is 1030. The Labute approximate surface area is 186 Å². The minimum Gasteiger partial charge on any atom is -0.506 e. The monoisotopic (exact) mass is 523 g/mol. The second kappa shape index (κ2) is 9.36. The van der Waals surface area contributed by atoms with E-state index in [2.05, 4.69) is 4.99 Å². The molecule has 1 aliphatic rings. The number of aliphatic hydroxyl groups is 1. The van der Waals surface area contributed by atoms with Crippen molar-refractivity contribution in [2.75, 3.05) is 13.7 Å². The molecule has 2 N–H and O–H groups in total. The molecule has 0 amide bonds. The van der Waals surface area contributed by atoms with Crippen molar-refractivity contribution in [2.45, 2.75) is 6.92 Å². The highest BCUT2D eigenvalue weighted by Crippen LogP contribution is 2.41. The molecule has 0 saturated heterocycles. The summed E-state index contributed by atoms with van der Waals surface area (Å²) in [7, 11) is 1.47. The third-order valence-electron chi connectivity index (χ3n) is 3.93. The number of esters is 1. The van der Waals surface area contributed by atoms with Gasteiger partial charge in [0.25, 0.3) is 0 Å². The number of aromatic hydroxyl groups is 1. The van der Waals surface area contributed by atoms with Gasteiger partial charge < -0.3 is 19.7 Å². The van der Waals surface area contributed by atoms with Gasteiger partial charge in [-0.15, -0.1) is 0 Å². The van der Waals surface area contributed by atoms with Gasteiger partial charge in [-0.25, -0.2) is 9.79 Å². The van der Waals surface area contributed by atoms with Crippen molar-refractivity contribution in [1.82, 2.24) is 0 Å². The Hall–Kier alpha value is -2.46. The SMILES string of the molecule is CCOC(=O)C1=C(O)/C(=C/c2cc(I)c(O)c(OC)c2)SC1=Nc1ccccc1. The molecule has 0 fully saturated rings. The molecule has 0 spiro atoms. The standard InChI is InChI=1S/C21H18INO5S/c1-3-28-21(26)17-19(25)16(29-20(17)23-13-7-5-4-6-8-13)11-12-9-14(22)18(24)15(10-12)27-2/h4-11,24-25H,3H2,1-2H3/b16-11-,23-20?. The molecule has 0 saturated carbocycles. The van der Waals surface area contributed by atoms with Crippen LogP contribution in [0.3, 0.4) is 0 Å². The smallest absolute Gasteiger partial charge is 0.344 e. The molecule has 2 aromatic rings. The molecule has 29 heavy (non-hydrogen) atoms. The zero-order valence-corrected chi connectivity index (χ0v) is 18.7. The van der Waals surface area contributed by atoms with Crippen molar-refractivity contribution in [1.29, 1.82) is 0 Å². The zero-order chi connectivity index (χ0) is 21.0. The predicted molar refractivity (Wildman–Crippen MR) is 123 cm³/mol. The maximum Gasteiger partial charge on any atom is 0.344 e. The summed E-state index contributed by atoms with van der Waals surface area (Å²) in [5.41, 5.74) is 1.39. The van der Waals surface area contributed by atoms with Crippen molar-refractivity contribution in [2.24, 2.45) is 4.99 Å². The van der Waals surface area contributed by atoms with Crippen LogP contribution in [0.25, 0.3) is 6.08 Å². The summed E-state index contributed by atoms with van der Waals surface area (Å²) in [6.45, 7) is 1.89. The Morgan fingerprint density at radius 2 is 1.97 bits per heavy atom. The number of ether oxygens (including phenoxy) is 2. The number of hydrogen-bond acceptors (Lipinski definition) is 7. The fraction of sp³-hybridized carbons (Fsp3) is 0.143. The number of hydrogen-bond donors (Lipinski definition) is 2. The van der Waals surface area contributed by atoms with Crippen LogP contribution in [0, 0.1) is 3.57 Å². The van der Waals surface area contributed by atoms with E-state index in [1.54, 1.807) is 25.1 Å². The highest BCUT2D eigenvalue weighted by Gasteiger charge is 2.33. The van der Waals surface area contributed by atoms with Gasteiger partial charge in [0.05, 0.1) is 27.9 Å². The van der Waals surface area contributed by atoms with E-state index in [9.17, 15) is 15.0 Å². The molecule has 150 valence electrons. The number of aliphatic hydroxyl groups excluding tert-OH is 1. The summed E-state index contributed by atoms with van der Waals surface area (Å²) in [6, 6.07) is 12.6. The Morgan fingerprint density at radius 1 is 1.24 bits per heavy atom. The lowest BCUT2D eigenvalue weighted by Gasteiger charge is -2.07. The van der Waals surface area contributed by atoms with Crippen LogP contribution < -0.4 is 4.74 Å². The second-order valence-corrected chi connectivity index (χ2v) is 8.05. The minimum absolute atomic E-state index is 0.0346. The van der Waals surface area contributed by atoms with Crippen LogP contribution in [-0.4, -0.2) is 34.9 Å². The number of phenolic OH excluding ortho intramolecular Hbond substituents is 1. The van der Waals surface area contributed by atoms with Gasteiger partial charge in [0.2, 0.25) is 0 Å². The first-order valence-electron chi connectivity index (χ1n) is 8.65. The molecule has 6 nitrogen and oxygen atoms in total. The van der Waals surface area contributed by atoms with Gasteiger partial charge in [0, 0.05) is 0 Å². The van der Waals surface area contributed by atoms with Crippen LogP contribution >= 0.6 is 34.4 Å². The summed E-state index contributed by atoms with van der Waals surface area (Å²) in [6.07, 6.45) is 1.71. The molecule has 3 rings (SSSR count). The number of nitrogens with zero attached hydrogens (tertiary/aromatic N) is 1. The van der Waals surface area contributed by atoms with E-state index < -0.39 is 5.97 Å². The fourth-order valence-corrected chi connectivity index (χ4v) is 4.26. The molecular formula is C21H18INO5S. The number of benzene rings is 2. The molecule has 0 unspecified atom stereocenters. The lowest BCUT2D eigenvalue weighted by molar-refractivity contribution is -0.138. The predicted octanol–water partition coefficient (Wildman–Crippen LogP) is 5.20. The van der Waals surface area contributed by atoms with Gasteiger partial charge in [-0.3, -0.25) is 0 Å². The molecule has 1 heterocycles. The van der Waals surface area contributed by atoms with Gasteiger partial charge >= 0.3 is 5.97 Å². The third kappa shape index (κ3) is 4.76. The van der Waals surface area contributed by atoms with Gasteiger partial charge in [-0.2, -0.15) is 0 Å². The molecular weight excluding hydrogens is 505 g/mol. The van der Waals surface area contributed by atoms with E-state index in [0.717, 1.165) is 0 Å². The van der Waals surface area contributed by atoms with Gasteiger partial charge in [0.15, 0.2) is 11.5 Å². The van der Waals surface area contributed by atoms with Crippen LogP contribution in [-0.2, 0) is 9.53 Å². The number of thioether (sulfide) groups is 1. The number of carbonyl (C=O) groups excluding carboxylic acids is 1. The molecule has 8 heteroatoms. The van der Waals surface area contributed by atoms with Crippen LogP contribution in [0.4, 0.5) is 5.69 Å². The molecule has 0 radical (unpaired) electrons. The lowest BCUT2D eigenvalue weighted by atomic mass is 10.1. The van der Waals surface area contributed by atoms with Gasteiger partial charge in [-0.05, 0) is 65.4 Å². The Kier molecular flexibility index (Phi) is 6.86. The Morgan fingerprint density at radius 3 is 2.62 bits per heavy atom. The average molecular weight is 523 g/mol. The first-order chi connectivity index (χ1) is 13.9. The second-order valence-electron chi connectivity index (χ2n) is 5.86. The summed E-state index contributed by atoms with van der Waals surface area (Å²) >= 11 is 3.17. The van der Waals surface area contributed by atoms with Gasteiger partial charge in [0.1, 0.15) is 16.4 Å². The molecule has 0 aromatic heterocycles. The summed E-state index contributed by atoms with van der Waals surface area (Å²) in [5, 5.41) is 21.1. The number of rotatable bonds is 5. The quantitative estimate of drug-likeness (QED) is 0.414. The number of carbonyl (C=O) groups is 1. The van der Waals surface area contributed by atoms with E-state index in [-0.39, 0.29) is 23.7 Å². The van der Waals surface area contributed by atoms with E-state index >= 15 is 0 Å². The van der Waals surface area contributed by atoms with Crippen LogP contribution in [0.2, 0.25) is 0 Å². The fourth-order valence-electron chi connectivity index (χ4n) is 2.60. The molecule has 2 aromatic carbocycles. The number of phenols is 1. The third-order valence-corrected chi connectivity index (χ3v) is 5.77. The van der Waals surface area contributed by atoms with E-state index in [4.69, 9.17) is 9.47 Å². The normalized spacial score (nSPS) is 16.5. The highest BCUT2D eigenvalue weighted by atomic mass is 127. The summed E-state index contributed by atoms with van der Waals surface area (Å²) < 4.78 is 10.9. The first-order valence-corrected chi connectivity index (χ1v) is 10.5. The summed E-state index contributed by atoms with van der Waals surface area (Å²) in [5.74, 6) is -0.453. The lowest BCUT2D eigenvalue weighted by Crippen LogP contribution is -2.12. The molecule has 0 atom stereocenters. The van der Waals surface area contributed by atoms with Crippen LogP contribution in [0.15, 0.2) is 63.7 Å². The minimum atomic E-state index is -0.631. The van der Waals surface area contributed by atoms with Crippen LogP contribution in [0.1, 0.15) is 12.5 Å². The summed E-state index contributed by atoms with van der Waals surface area (Å²) in [4.78, 5) is 17.4. The number of methoxy groups -OCH3 is 1. The van der Waals surface area contributed by atoms with Crippen molar-refractivity contribution in [3.63, 3.8) is 0 Å². The molecule has 1 aliphatic heterocycles. The molecule has 0 aliphatic carbocycles. The number of aliphatic imine (C=N–C) groups is 1. The highest BCUT2D eigenvalue weighted by molar-refractivity contribution is 14.1. The van der Waals surface area contributed by atoms with Gasteiger partial charge in [-0.1, -0.05) is 30.0 Å². The Balaban J connectivity index is 2.07. The number of para-hydroxylation sites is 1. The van der Waals surface area contributed by atoms with Crippen molar-refractivity contribution in [3.8, 4) is 11.5 Å². The van der Waals surface area contributed by atoms with E-state index in [1.807, 2.05) is 52.9 Å². The van der Waals surface area contributed by atoms with E-state index in [0.29, 0.717) is 30.5 Å². The zero-order valence-electron chi connectivity index (χ0n) is 15.7. The van der Waals surface area contributed by atoms with E-state index in [1.165, 1.54) is 18.9 Å². The topological polar surface area (TPSA) is 88.4 Å². The van der Waals surface area contributed by atoms with Crippen molar-refractivity contribution >= 4 is 57.1 Å². The maximum atomic E-state index is 12.4. The number of halogens is 1.